The number of rotatable bonds is 3. The van der Waals surface area contributed by atoms with Crippen LogP contribution >= 0.6 is 0 Å². The van der Waals surface area contributed by atoms with Gasteiger partial charge in [0.15, 0.2) is 0 Å². The van der Waals surface area contributed by atoms with E-state index in [2.05, 4.69) is 10.3 Å². The molecule has 1 fully saturated rings. The molecule has 1 atom stereocenters. The number of amidine groups is 1. The van der Waals surface area contributed by atoms with Crippen LogP contribution in [0, 0.1) is 0 Å². The zero-order valence-electron chi connectivity index (χ0n) is 11.4. The summed E-state index contributed by atoms with van der Waals surface area (Å²) in [5.74, 6) is 0.944. The first-order valence-corrected chi connectivity index (χ1v) is 7.10. The number of nitrogens with one attached hydrogen (secondary N) is 1. The van der Waals surface area contributed by atoms with Gasteiger partial charge in [0.2, 0.25) is 0 Å². The smallest absolute Gasteiger partial charge is 0.410 e. The molecule has 0 aliphatic carbocycles. The fraction of sp³-hybridized carbons (Fsp3) is 0.467. The number of amides is 1. The van der Waals surface area contributed by atoms with E-state index >= 15 is 0 Å². The van der Waals surface area contributed by atoms with E-state index in [1.54, 1.807) is 4.90 Å². The topological polar surface area (TPSA) is 53.9 Å². The van der Waals surface area contributed by atoms with Crippen LogP contribution < -0.4 is 5.32 Å². The minimum absolute atomic E-state index is 0.0702. The average Bonchev–Trinajstić information content (AvgIpc) is 3.15. The third-order valence-corrected chi connectivity index (χ3v) is 3.71. The number of aliphatic imine (C=N–C) groups is 1. The number of benzene rings is 1. The maximum atomic E-state index is 12.2. The molecule has 5 heteroatoms. The van der Waals surface area contributed by atoms with Gasteiger partial charge in [0.05, 0.1) is 12.6 Å². The van der Waals surface area contributed by atoms with Gasteiger partial charge in [0.25, 0.3) is 0 Å². The highest BCUT2D eigenvalue weighted by Gasteiger charge is 2.34. The van der Waals surface area contributed by atoms with Crippen LogP contribution in [0.25, 0.3) is 0 Å². The normalized spacial score (nSPS) is 21.5. The Hall–Kier alpha value is -2.04. The Morgan fingerprint density at radius 3 is 3.00 bits per heavy atom. The number of carbonyl (C=O) groups excluding carboxylic acids is 1. The first-order valence-electron chi connectivity index (χ1n) is 7.10. The SMILES string of the molecule is O=C(OCc1ccccc1)N1CCC[C@@H]1C1=NCCN1. The van der Waals surface area contributed by atoms with E-state index in [1.165, 1.54) is 0 Å². The van der Waals surface area contributed by atoms with Crippen LogP contribution in [-0.2, 0) is 11.3 Å². The second-order valence-electron chi connectivity index (χ2n) is 5.09. The minimum Gasteiger partial charge on any atom is -0.445 e. The van der Waals surface area contributed by atoms with Crippen molar-refractivity contribution in [3.63, 3.8) is 0 Å². The van der Waals surface area contributed by atoms with Crippen molar-refractivity contribution in [1.82, 2.24) is 10.2 Å². The number of nitrogens with zero attached hydrogens (tertiary/aromatic N) is 2. The molecule has 2 heterocycles. The first-order chi connectivity index (χ1) is 9.84. The monoisotopic (exact) mass is 273 g/mol. The Bertz CT molecular complexity index is 501. The van der Waals surface area contributed by atoms with E-state index in [-0.39, 0.29) is 12.1 Å². The van der Waals surface area contributed by atoms with Gasteiger partial charge in [-0.2, -0.15) is 0 Å². The molecule has 1 amide bonds. The lowest BCUT2D eigenvalue weighted by atomic mass is 10.2. The van der Waals surface area contributed by atoms with Crippen LogP contribution in [0.1, 0.15) is 18.4 Å². The van der Waals surface area contributed by atoms with E-state index in [0.29, 0.717) is 6.61 Å². The summed E-state index contributed by atoms with van der Waals surface area (Å²) in [5, 5.41) is 3.26. The summed E-state index contributed by atoms with van der Waals surface area (Å²) in [6.07, 6.45) is 1.73. The number of carbonyl (C=O) groups is 1. The summed E-state index contributed by atoms with van der Waals surface area (Å²) in [4.78, 5) is 18.4. The molecular formula is C15H19N3O2. The maximum absolute atomic E-state index is 12.2. The summed E-state index contributed by atoms with van der Waals surface area (Å²) in [7, 11) is 0. The molecule has 0 bridgehead atoms. The predicted octanol–water partition coefficient (Wildman–Crippen LogP) is 1.79. The van der Waals surface area contributed by atoms with Crippen molar-refractivity contribution in [2.24, 2.45) is 4.99 Å². The van der Waals surface area contributed by atoms with Crippen molar-refractivity contribution in [2.45, 2.75) is 25.5 Å². The third kappa shape index (κ3) is 2.76. The molecule has 106 valence electrons. The molecule has 2 aliphatic heterocycles. The molecule has 0 aromatic heterocycles. The molecule has 0 radical (unpaired) electrons. The molecule has 0 saturated carbocycles. The molecular weight excluding hydrogens is 254 g/mol. The van der Waals surface area contributed by atoms with Gasteiger partial charge in [-0.1, -0.05) is 30.3 Å². The van der Waals surface area contributed by atoms with Crippen LogP contribution in [0.3, 0.4) is 0 Å². The van der Waals surface area contributed by atoms with E-state index in [0.717, 1.165) is 43.9 Å². The Morgan fingerprint density at radius 1 is 1.40 bits per heavy atom. The first kappa shape index (κ1) is 13.0. The lowest BCUT2D eigenvalue weighted by Crippen LogP contribution is -2.44. The Kier molecular flexibility index (Phi) is 3.85. The fourth-order valence-corrected chi connectivity index (χ4v) is 2.71. The highest BCUT2D eigenvalue weighted by atomic mass is 16.6. The van der Waals surface area contributed by atoms with Crippen LogP contribution in [-0.4, -0.2) is 42.5 Å². The molecule has 2 aliphatic rings. The van der Waals surface area contributed by atoms with Gasteiger partial charge in [-0.25, -0.2) is 4.79 Å². The second-order valence-corrected chi connectivity index (χ2v) is 5.09. The van der Waals surface area contributed by atoms with Crippen LogP contribution in [0.5, 0.6) is 0 Å². The van der Waals surface area contributed by atoms with E-state index in [4.69, 9.17) is 4.74 Å². The van der Waals surface area contributed by atoms with E-state index in [1.807, 2.05) is 30.3 Å². The van der Waals surface area contributed by atoms with Crippen molar-refractivity contribution in [1.29, 1.82) is 0 Å². The number of ether oxygens (including phenoxy) is 1. The zero-order valence-corrected chi connectivity index (χ0v) is 11.4. The molecule has 0 spiro atoms. The molecule has 0 unspecified atom stereocenters. The van der Waals surface area contributed by atoms with Gasteiger partial charge in [-0.15, -0.1) is 0 Å². The van der Waals surface area contributed by atoms with Crippen LogP contribution in [0.15, 0.2) is 35.3 Å². The molecule has 5 nitrogen and oxygen atoms in total. The Labute approximate surface area is 118 Å². The Morgan fingerprint density at radius 2 is 2.25 bits per heavy atom. The van der Waals surface area contributed by atoms with Crippen molar-refractivity contribution in [3.8, 4) is 0 Å². The lowest BCUT2D eigenvalue weighted by Gasteiger charge is -2.24. The summed E-state index contributed by atoms with van der Waals surface area (Å²) in [6.45, 7) is 2.75. The highest BCUT2D eigenvalue weighted by Crippen LogP contribution is 2.20. The summed E-state index contributed by atoms with van der Waals surface area (Å²) in [6, 6.07) is 9.82. The quantitative estimate of drug-likeness (QED) is 0.913. The number of likely N-dealkylation sites (tertiary alicyclic amines) is 1. The standard InChI is InChI=1S/C15H19N3O2/c19-15(20-11-12-5-2-1-3-6-12)18-10-4-7-13(18)14-16-8-9-17-14/h1-3,5-6,13H,4,7-11H2,(H,16,17)/t13-/m1/s1. The molecule has 3 rings (SSSR count). The summed E-state index contributed by atoms with van der Waals surface area (Å²) >= 11 is 0. The molecule has 1 saturated heterocycles. The number of hydrogen-bond donors (Lipinski definition) is 1. The molecule has 1 aromatic carbocycles. The summed E-state index contributed by atoms with van der Waals surface area (Å²) in [5.41, 5.74) is 1.01. The van der Waals surface area contributed by atoms with Crippen molar-refractivity contribution >= 4 is 11.9 Å². The van der Waals surface area contributed by atoms with Gasteiger partial charge >= 0.3 is 6.09 Å². The van der Waals surface area contributed by atoms with Gasteiger partial charge in [0, 0.05) is 13.1 Å². The van der Waals surface area contributed by atoms with Gasteiger partial charge in [-0.05, 0) is 18.4 Å². The largest absolute Gasteiger partial charge is 0.445 e. The lowest BCUT2D eigenvalue weighted by molar-refractivity contribution is 0.0990. The van der Waals surface area contributed by atoms with Crippen LogP contribution in [0.2, 0.25) is 0 Å². The highest BCUT2D eigenvalue weighted by molar-refractivity contribution is 5.91. The van der Waals surface area contributed by atoms with E-state index in [9.17, 15) is 4.79 Å². The van der Waals surface area contributed by atoms with Crippen LogP contribution in [0.4, 0.5) is 4.79 Å². The fourth-order valence-electron chi connectivity index (χ4n) is 2.71. The predicted molar refractivity (Wildman–Crippen MR) is 76.7 cm³/mol. The average molecular weight is 273 g/mol. The van der Waals surface area contributed by atoms with Gasteiger partial charge in [-0.3, -0.25) is 9.89 Å². The Balaban J connectivity index is 1.58. The van der Waals surface area contributed by atoms with Gasteiger partial charge < -0.3 is 10.1 Å². The molecule has 20 heavy (non-hydrogen) atoms. The zero-order chi connectivity index (χ0) is 13.8. The third-order valence-electron chi connectivity index (χ3n) is 3.71. The summed E-state index contributed by atoms with van der Waals surface area (Å²) < 4.78 is 5.41. The van der Waals surface area contributed by atoms with Gasteiger partial charge in [0.1, 0.15) is 12.4 Å². The minimum atomic E-state index is -0.243. The number of hydrogen-bond acceptors (Lipinski definition) is 4. The van der Waals surface area contributed by atoms with Crippen molar-refractivity contribution in [2.75, 3.05) is 19.6 Å². The molecule has 1 aromatic rings. The van der Waals surface area contributed by atoms with E-state index < -0.39 is 0 Å². The molecule has 1 N–H and O–H groups in total. The van der Waals surface area contributed by atoms with Crippen molar-refractivity contribution in [3.05, 3.63) is 35.9 Å². The van der Waals surface area contributed by atoms with Crippen molar-refractivity contribution < 1.29 is 9.53 Å². The maximum Gasteiger partial charge on any atom is 0.410 e. The second kappa shape index (κ2) is 5.94.